The number of aliphatic hydroxyl groups is 1. The second kappa shape index (κ2) is 6.96. The van der Waals surface area contributed by atoms with Crippen molar-refractivity contribution in [3.05, 3.63) is 54.1 Å². The number of aliphatic hydroxyl groups excluding tert-OH is 1. The maximum absolute atomic E-state index is 9.72. The highest BCUT2D eigenvalue weighted by Crippen LogP contribution is 2.30. The Hall–Kier alpha value is -2.00. The molecule has 20 heavy (non-hydrogen) atoms. The number of hydrogen-bond donors (Lipinski definition) is 1. The van der Waals surface area contributed by atoms with Crippen LogP contribution in [0.15, 0.2) is 48.5 Å². The summed E-state index contributed by atoms with van der Waals surface area (Å²) in [6.45, 7) is 4.51. The van der Waals surface area contributed by atoms with E-state index in [4.69, 9.17) is 9.47 Å². The summed E-state index contributed by atoms with van der Waals surface area (Å²) in [5.74, 6) is 2.23. The Morgan fingerprint density at radius 2 is 1.65 bits per heavy atom. The predicted molar refractivity (Wildman–Crippen MR) is 79.4 cm³/mol. The van der Waals surface area contributed by atoms with Crippen LogP contribution >= 0.6 is 0 Å². The Labute approximate surface area is 119 Å². The first kappa shape index (κ1) is 14.4. The van der Waals surface area contributed by atoms with Crippen LogP contribution in [0, 0.1) is 0 Å². The van der Waals surface area contributed by atoms with Gasteiger partial charge in [0.1, 0.15) is 17.2 Å². The van der Waals surface area contributed by atoms with E-state index < -0.39 is 6.10 Å². The van der Waals surface area contributed by atoms with Crippen LogP contribution in [0.25, 0.3) is 0 Å². The maximum Gasteiger partial charge on any atom is 0.133 e. The first-order chi connectivity index (χ1) is 9.70. The van der Waals surface area contributed by atoms with Crippen molar-refractivity contribution in [2.45, 2.75) is 26.4 Å². The number of rotatable bonds is 6. The SMILES string of the molecule is CCCOc1ccc(Oc2ccccc2[C@@H](C)O)cc1. The van der Waals surface area contributed by atoms with E-state index in [0.29, 0.717) is 12.4 Å². The molecule has 3 heteroatoms. The van der Waals surface area contributed by atoms with Gasteiger partial charge in [0, 0.05) is 5.56 Å². The van der Waals surface area contributed by atoms with E-state index in [1.165, 1.54) is 0 Å². The van der Waals surface area contributed by atoms with E-state index in [2.05, 4.69) is 6.92 Å². The molecular formula is C17H20O3. The molecule has 0 spiro atoms. The third-order valence-corrected chi connectivity index (χ3v) is 2.89. The Kier molecular flexibility index (Phi) is 5.02. The summed E-state index contributed by atoms with van der Waals surface area (Å²) in [6.07, 6.45) is 0.429. The molecule has 0 aliphatic carbocycles. The summed E-state index contributed by atoms with van der Waals surface area (Å²) in [7, 11) is 0. The first-order valence-corrected chi connectivity index (χ1v) is 6.88. The normalized spacial score (nSPS) is 11.9. The van der Waals surface area contributed by atoms with Crippen molar-refractivity contribution in [3.8, 4) is 17.2 Å². The second-order valence-electron chi connectivity index (χ2n) is 4.64. The number of ether oxygens (including phenoxy) is 2. The summed E-state index contributed by atoms with van der Waals surface area (Å²) >= 11 is 0. The van der Waals surface area contributed by atoms with Crippen molar-refractivity contribution in [3.63, 3.8) is 0 Å². The monoisotopic (exact) mass is 272 g/mol. The Morgan fingerprint density at radius 1 is 1.00 bits per heavy atom. The van der Waals surface area contributed by atoms with Gasteiger partial charge < -0.3 is 14.6 Å². The van der Waals surface area contributed by atoms with Gasteiger partial charge in [0.05, 0.1) is 12.7 Å². The van der Waals surface area contributed by atoms with Crippen molar-refractivity contribution >= 4 is 0 Å². The van der Waals surface area contributed by atoms with E-state index in [1.54, 1.807) is 6.92 Å². The van der Waals surface area contributed by atoms with Gasteiger partial charge >= 0.3 is 0 Å². The molecule has 0 amide bonds. The van der Waals surface area contributed by atoms with Crippen LogP contribution in [0.5, 0.6) is 17.2 Å². The molecule has 0 aromatic heterocycles. The van der Waals surface area contributed by atoms with Crippen molar-refractivity contribution < 1.29 is 14.6 Å². The molecule has 0 bridgehead atoms. The zero-order valence-corrected chi connectivity index (χ0v) is 11.9. The van der Waals surface area contributed by atoms with Crippen LogP contribution in [0.2, 0.25) is 0 Å². The molecule has 3 nitrogen and oxygen atoms in total. The molecule has 1 atom stereocenters. The number of hydrogen-bond acceptors (Lipinski definition) is 3. The molecule has 0 heterocycles. The molecule has 0 saturated carbocycles. The number of para-hydroxylation sites is 1. The van der Waals surface area contributed by atoms with Gasteiger partial charge in [0.15, 0.2) is 0 Å². The van der Waals surface area contributed by atoms with Gasteiger partial charge in [-0.1, -0.05) is 25.1 Å². The molecule has 0 saturated heterocycles. The maximum atomic E-state index is 9.72. The summed E-state index contributed by atoms with van der Waals surface area (Å²) in [5, 5.41) is 9.72. The van der Waals surface area contributed by atoms with Crippen LogP contribution in [-0.2, 0) is 0 Å². The van der Waals surface area contributed by atoms with Gasteiger partial charge in [0.25, 0.3) is 0 Å². The Morgan fingerprint density at radius 3 is 2.30 bits per heavy atom. The lowest BCUT2D eigenvalue weighted by atomic mass is 10.1. The van der Waals surface area contributed by atoms with Gasteiger partial charge in [-0.15, -0.1) is 0 Å². The summed E-state index contributed by atoms with van der Waals surface area (Å²) in [5.41, 5.74) is 0.777. The summed E-state index contributed by atoms with van der Waals surface area (Å²) < 4.78 is 11.3. The van der Waals surface area contributed by atoms with E-state index in [-0.39, 0.29) is 0 Å². The highest BCUT2D eigenvalue weighted by molar-refractivity contribution is 5.40. The quantitative estimate of drug-likeness (QED) is 0.851. The Balaban J connectivity index is 2.10. The molecule has 2 aromatic carbocycles. The van der Waals surface area contributed by atoms with E-state index in [1.807, 2.05) is 48.5 Å². The van der Waals surface area contributed by atoms with Crippen LogP contribution in [-0.4, -0.2) is 11.7 Å². The molecule has 106 valence electrons. The minimum atomic E-state index is -0.557. The fraction of sp³-hybridized carbons (Fsp3) is 0.294. The minimum Gasteiger partial charge on any atom is -0.494 e. The Bertz CT molecular complexity index is 532. The van der Waals surface area contributed by atoms with E-state index >= 15 is 0 Å². The molecular weight excluding hydrogens is 252 g/mol. The van der Waals surface area contributed by atoms with Crippen molar-refractivity contribution in [1.29, 1.82) is 0 Å². The largest absolute Gasteiger partial charge is 0.494 e. The van der Waals surface area contributed by atoms with Gasteiger partial charge in [0.2, 0.25) is 0 Å². The van der Waals surface area contributed by atoms with Crippen molar-refractivity contribution in [2.24, 2.45) is 0 Å². The van der Waals surface area contributed by atoms with Crippen molar-refractivity contribution in [2.75, 3.05) is 6.61 Å². The van der Waals surface area contributed by atoms with Gasteiger partial charge in [-0.05, 0) is 43.7 Å². The highest BCUT2D eigenvalue weighted by Gasteiger charge is 2.09. The average molecular weight is 272 g/mol. The second-order valence-corrected chi connectivity index (χ2v) is 4.64. The minimum absolute atomic E-state index is 0.557. The number of benzene rings is 2. The topological polar surface area (TPSA) is 38.7 Å². The summed E-state index contributed by atoms with van der Waals surface area (Å²) in [6, 6.07) is 15.0. The fourth-order valence-electron chi connectivity index (χ4n) is 1.87. The molecule has 0 unspecified atom stereocenters. The molecule has 0 fully saturated rings. The van der Waals surface area contributed by atoms with Crippen LogP contribution in [0.3, 0.4) is 0 Å². The lowest BCUT2D eigenvalue weighted by Crippen LogP contribution is -1.96. The molecule has 0 aliphatic rings. The van der Waals surface area contributed by atoms with Gasteiger partial charge in [-0.25, -0.2) is 0 Å². The fourth-order valence-corrected chi connectivity index (χ4v) is 1.87. The van der Waals surface area contributed by atoms with Crippen LogP contribution < -0.4 is 9.47 Å². The molecule has 2 rings (SSSR count). The smallest absolute Gasteiger partial charge is 0.133 e. The molecule has 2 aromatic rings. The third kappa shape index (κ3) is 3.75. The zero-order chi connectivity index (χ0) is 14.4. The standard InChI is InChI=1S/C17H20O3/c1-3-12-19-14-8-10-15(11-9-14)20-17-7-5-4-6-16(17)13(2)18/h4-11,13,18H,3,12H2,1-2H3/t13-/m1/s1. The van der Waals surface area contributed by atoms with Crippen molar-refractivity contribution in [1.82, 2.24) is 0 Å². The van der Waals surface area contributed by atoms with Gasteiger partial charge in [-0.2, -0.15) is 0 Å². The third-order valence-electron chi connectivity index (χ3n) is 2.89. The van der Waals surface area contributed by atoms with Crippen LogP contribution in [0.4, 0.5) is 0 Å². The highest BCUT2D eigenvalue weighted by atomic mass is 16.5. The predicted octanol–water partition coefficient (Wildman–Crippen LogP) is 4.32. The van der Waals surface area contributed by atoms with Crippen LogP contribution in [0.1, 0.15) is 31.9 Å². The van der Waals surface area contributed by atoms with E-state index in [9.17, 15) is 5.11 Å². The lowest BCUT2D eigenvalue weighted by Gasteiger charge is -2.13. The zero-order valence-electron chi connectivity index (χ0n) is 11.9. The van der Waals surface area contributed by atoms with E-state index in [0.717, 1.165) is 23.5 Å². The molecule has 0 radical (unpaired) electrons. The molecule has 1 N–H and O–H groups in total. The average Bonchev–Trinajstić information content (AvgIpc) is 2.47. The van der Waals surface area contributed by atoms with Gasteiger partial charge in [-0.3, -0.25) is 0 Å². The first-order valence-electron chi connectivity index (χ1n) is 6.88. The lowest BCUT2D eigenvalue weighted by molar-refractivity contribution is 0.195. The molecule has 0 aliphatic heterocycles. The summed E-state index contributed by atoms with van der Waals surface area (Å²) in [4.78, 5) is 0.